The van der Waals surface area contributed by atoms with E-state index in [1.807, 2.05) is 90.7 Å². The van der Waals surface area contributed by atoms with Crippen LogP contribution >= 0.6 is 23.2 Å². The van der Waals surface area contributed by atoms with Crippen molar-refractivity contribution in [2.75, 3.05) is 34.0 Å². The monoisotopic (exact) mass is 921 g/mol. The minimum absolute atomic E-state index is 0.00968. The fraction of sp³-hybridized carbons (Fsp3) is 0.327. The van der Waals surface area contributed by atoms with Crippen LogP contribution in [0.2, 0.25) is 10.0 Å². The standard InChI is InChI=1S/C52H57Cl2N3O8/c1-35-27-45(53)50(46(54)28-35)64-26-25-63-44-23-19-40(20-24-44)42(30-48(58)57(43-21-22-43)32-41-18-12-13-36(2)37(41)3)29-47(55-52(60)65-34-39-16-10-7-11-17-39)51(59)56(33-49(61-4)62-5)31-38-14-8-6-9-15-38/h6-20,23-24,27-28,30,43,47,49H,21-22,25-26,29,31-34H2,1-5H3,(H,55,60)/b42-30+/t47-/m1/s1. The smallest absolute Gasteiger partial charge is 0.408 e. The van der Waals surface area contributed by atoms with Gasteiger partial charge in [-0.15, -0.1) is 0 Å². The van der Waals surface area contributed by atoms with Gasteiger partial charge in [-0.1, -0.05) is 114 Å². The fourth-order valence-corrected chi connectivity index (χ4v) is 8.04. The molecule has 1 saturated carbocycles. The molecule has 0 radical (unpaired) electrons. The minimum Gasteiger partial charge on any atom is -0.490 e. The van der Waals surface area contributed by atoms with Crippen LogP contribution in [0.4, 0.5) is 4.79 Å². The molecule has 0 saturated heterocycles. The van der Waals surface area contributed by atoms with Gasteiger partial charge >= 0.3 is 6.09 Å². The van der Waals surface area contributed by atoms with Crippen LogP contribution in [0.1, 0.15) is 58.2 Å². The lowest BCUT2D eigenvalue weighted by atomic mass is 9.96. The molecule has 0 aliphatic heterocycles. The number of alkyl carbamates (subject to hydrolysis) is 1. The van der Waals surface area contributed by atoms with E-state index in [2.05, 4.69) is 31.3 Å². The molecule has 342 valence electrons. The van der Waals surface area contributed by atoms with Crippen molar-refractivity contribution in [3.8, 4) is 11.5 Å². The number of methoxy groups -OCH3 is 2. The normalized spacial score (nSPS) is 13.0. The van der Waals surface area contributed by atoms with Crippen molar-refractivity contribution in [3.05, 3.63) is 170 Å². The molecular weight excluding hydrogens is 865 g/mol. The average Bonchev–Trinajstić information content (AvgIpc) is 4.15. The van der Waals surface area contributed by atoms with Crippen LogP contribution in [-0.2, 0) is 43.5 Å². The molecule has 5 aromatic carbocycles. The number of benzene rings is 5. The van der Waals surface area contributed by atoms with E-state index in [9.17, 15) is 14.4 Å². The second-order valence-corrected chi connectivity index (χ2v) is 16.9. The molecule has 65 heavy (non-hydrogen) atoms. The summed E-state index contributed by atoms with van der Waals surface area (Å²) < 4.78 is 28.6. The van der Waals surface area contributed by atoms with Crippen LogP contribution in [0, 0.1) is 20.8 Å². The van der Waals surface area contributed by atoms with Crippen molar-refractivity contribution in [1.29, 1.82) is 0 Å². The van der Waals surface area contributed by atoms with Gasteiger partial charge < -0.3 is 38.8 Å². The third-order valence-electron chi connectivity index (χ3n) is 11.2. The Balaban J connectivity index is 1.32. The van der Waals surface area contributed by atoms with Crippen LogP contribution in [0.3, 0.4) is 0 Å². The molecular formula is C52H57Cl2N3O8. The summed E-state index contributed by atoms with van der Waals surface area (Å²) in [5, 5.41) is 3.70. The Hall–Kier alpha value is -5.85. The Bertz CT molecular complexity index is 2370. The lowest BCUT2D eigenvalue weighted by Crippen LogP contribution is -2.50. The van der Waals surface area contributed by atoms with Gasteiger partial charge in [0.1, 0.15) is 31.6 Å². The van der Waals surface area contributed by atoms with Gasteiger partial charge in [0.2, 0.25) is 11.8 Å². The molecule has 6 rings (SSSR count). The summed E-state index contributed by atoms with van der Waals surface area (Å²) in [4.78, 5) is 46.8. The average molecular weight is 923 g/mol. The number of nitrogens with one attached hydrogen (secondary N) is 1. The molecule has 1 fully saturated rings. The molecule has 1 N–H and O–H groups in total. The minimum atomic E-state index is -1.18. The van der Waals surface area contributed by atoms with Gasteiger partial charge in [-0.05, 0) is 102 Å². The van der Waals surface area contributed by atoms with Gasteiger partial charge in [0.15, 0.2) is 12.0 Å². The van der Waals surface area contributed by atoms with Crippen molar-refractivity contribution in [1.82, 2.24) is 15.1 Å². The number of aryl methyl sites for hydroxylation is 2. The highest BCUT2D eigenvalue weighted by molar-refractivity contribution is 6.37. The molecule has 11 nitrogen and oxygen atoms in total. The fourth-order valence-electron chi connectivity index (χ4n) is 7.33. The first-order chi connectivity index (χ1) is 31.4. The number of hydrogen-bond donors (Lipinski definition) is 1. The van der Waals surface area contributed by atoms with E-state index < -0.39 is 24.3 Å². The zero-order valence-corrected chi connectivity index (χ0v) is 39.1. The number of hydrogen-bond acceptors (Lipinski definition) is 8. The van der Waals surface area contributed by atoms with Gasteiger partial charge in [-0.3, -0.25) is 9.59 Å². The number of nitrogens with zero attached hydrogens (tertiary/aromatic N) is 2. The summed E-state index contributed by atoms with van der Waals surface area (Å²) in [6.07, 6.45) is 1.76. The highest BCUT2D eigenvalue weighted by atomic mass is 35.5. The first-order valence-corrected chi connectivity index (χ1v) is 22.4. The predicted molar refractivity (Wildman–Crippen MR) is 254 cm³/mol. The zero-order valence-electron chi connectivity index (χ0n) is 37.6. The largest absolute Gasteiger partial charge is 0.490 e. The first kappa shape index (κ1) is 48.6. The Morgan fingerprint density at radius 2 is 1.40 bits per heavy atom. The molecule has 1 aliphatic rings. The molecule has 3 amide bonds. The van der Waals surface area contributed by atoms with E-state index in [1.54, 1.807) is 35.2 Å². The summed E-state index contributed by atoms with van der Waals surface area (Å²) in [6.45, 7) is 7.09. The Labute approximate surface area is 392 Å². The van der Waals surface area contributed by atoms with Crippen LogP contribution in [0.15, 0.2) is 121 Å². The predicted octanol–water partition coefficient (Wildman–Crippen LogP) is 10.3. The highest BCUT2D eigenvalue weighted by Gasteiger charge is 2.34. The molecule has 1 aliphatic carbocycles. The molecule has 0 bridgehead atoms. The van der Waals surface area contributed by atoms with Crippen LogP contribution in [0.5, 0.6) is 11.5 Å². The Kier molecular flexibility index (Phi) is 17.9. The molecule has 5 aromatic rings. The Morgan fingerprint density at radius 1 is 0.769 bits per heavy atom. The maximum Gasteiger partial charge on any atom is 0.408 e. The van der Waals surface area contributed by atoms with Crippen LogP contribution < -0.4 is 14.8 Å². The maximum atomic E-state index is 15.0. The van der Waals surface area contributed by atoms with Gasteiger partial charge in [-0.25, -0.2) is 4.79 Å². The first-order valence-electron chi connectivity index (χ1n) is 21.7. The number of rotatable bonds is 22. The SMILES string of the molecule is COC(CN(Cc1ccccc1)C(=O)[C@@H](C/C(=C\C(=O)N(Cc1cccc(C)c1C)C1CC1)c1ccc(OCCOc2c(Cl)cc(C)cc2Cl)cc1)NC(=O)OCc1ccccc1)OC. The Morgan fingerprint density at radius 3 is 2.03 bits per heavy atom. The van der Waals surface area contributed by atoms with E-state index in [-0.39, 0.29) is 51.3 Å². The number of carbonyl (C=O) groups is 3. The van der Waals surface area contributed by atoms with E-state index >= 15 is 0 Å². The lowest BCUT2D eigenvalue weighted by molar-refractivity contribution is -0.148. The summed E-state index contributed by atoms with van der Waals surface area (Å²) in [7, 11) is 3.00. The van der Waals surface area contributed by atoms with Crippen molar-refractivity contribution < 1.29 is 38.1 Å². The molecule has 0 unspecified atom stereocenters. The summed E-state index contributed by atoms with van der Waals surface area (Å²) >= 11 is 12.7. The van der Waals surface area contributed by atoms with Gasteiger partial charge in [0.05, 0.1) is 16.6 Å². The molecule has 1 atom stereocenters. The second-order valence-electron chi connectivity index (χ2n) is 16.1. The van der Waals surface area contributed by atoms with Crippen molar-refractivity contribution in [3.63, 3.8) is 0 Å². The van der Waals surface area contributed by atoms with Crippen LogP contribution in [-0.4, -0.2) is 80.1 Å². The maximum absolute atomic E-state index is 15.0. The van der Waals surface area contributed by atoms with E-state index in [4.69, 9.17) is 46.9 Å². The topological polar surface area (TPSA) is 116 Å². The number of amides is 3. The van der Waals surface area contributed by atoms with Crippen LogP contribution in [0.25, 0.3) is 5.57 Å². The zero-order chi connectivity index (χ0) is 46.3. The van der Waals surface area contributed by atoms with E-state index in [0.29, 0.717) is 39.2 Å². The molecule has 0 aromatic heterocycles. The van der Waals surface area contributed by atoms with Gasteiger partial charge in [0.25, 0.3) is 0 Å². The number of ether oxygens (including phenoxy) is 5. The van der Waals surface area contributed by atoms with Crippen molar-refractivity contribution >= 4 is 46.7 Å². The third kappa shape index (κ3) is 14.3. The van der Waals surface area contributed by atoms with Gasteiger partial charge in [0, 0.05) is 45.8 Å². The second kappa shape index (κ2) is 23.9. The molecule has 13 heteroatoms. The summed E-state index contributed by atoms with van der Waals surface area (Å²) in [6, 6.07) is 34.6. The quantitative estimate of drug-likeness (QED) is 0.0415. The van der Waals surface area contributed by atoms with Crippen molar-refractivity contribution in [2.45, 2.75) is 78.1 Å². The summed E-state index contributed by atoms with van der Waals surface area (Å²) in [5.74, 6) is 0.311. The molecule has 0 heterocycles. The third-order valence-corrected chi connectivity index (χ3v) is 11.8. The highest BCUT2D eigenvalue weighted by Crippen LogP contribution is 2.34. The number of halogens is 2. The number of carbonyl (C=O) groups excluding carboxylic acids is 3. The van der Waals surface area contributed by atoms with E-state index in [0.717, 1.165) is 46.2 Å². The summed E-state index contributed by atoms with van der Waals surface area (Å²) in [5.41, 5.74) is 7.09. The van der Waals surface area contributed by atoms with E-state index in [1.165, 1.54) is 14.2 Å². The molecule has 0 spiro atoms. The lowest BCUT2D eigenvalue weighted by Gasteiger charge is -2.31. The van der Waals surface area contributed by atoms with Gasteiger partial charge in [-0.2, -0.15) is 0 Å². The van der Waals surface area contributed by atoms with Crippen molar-refractivity contribution in [2.24, 2.45) is 0 Å².